The van der Waals surface area contributed by atoms with Crippen LogP contribution in [0.5, 0.6) is 0 Å². The van der Waals surface area contributed by atoms with Crippen molar-refractivity contribution in [3.8, 4) is 12.3 Å². The molecule has 0 saturated carbocycles. The molecule has 0 spiro atoms. The van der Waals surface area contributed by atoms with Crippen LogP contribution >= 0.6 is 23.2 Å². The maximum Gasteiger partial charge on any atom is 0.245 e. The zero-order valence-electron chi connectivity index (χ0n) is 12.0. The Bertz CT molecular complexity index is 639. The number of sulfonamides is 1. The molecule has 0 aliphatic rings. The average molecular weight is 349 g/mol. The maximum absolute atomic E-state index is 12.6. The molecular formula is C14H18Cl2N2O2S. The molecule has 0 unspecified atom stereocenters. The van der Waals surface area contributed by atoms with E-state index in [0.29, 0.717) is 17.1 Å². The van der Waals surface area contributed by atoms with Gasteiger partial charge in [0.25, 0.3) is 0 Å². The van der Waals surface area contributed by atoms with Crippen LogP contribution in [0, 0.1) is 12.3 Å². The fourth-order valence-electron chi connectivity index (χ4n) is 1.80. The van der Waals surface area contributed by atoms with Crippen molar-refractivity contribution >= 4 is 33.2 Å². The van der Waals surface area contributed by atoms with Gasteiger partial charge in [0.2, 0.25) is 10.0 Å². The molecule has 0 heterocycles. The van der Waals surface area contributed by atoms with Crippen molar-refractivity contribution < 1.29 is 8.42 Å². The quantitative estimate of drug-likeness (QED) is 0.770. The van der Waals surface area contributed by atoms with Gasteiger partial charge >= 0.3 is 0 Å². The van der Waals surface area contributed by atoms with Gasteiger partial charge in [0.1, 0.15) is 4.90 Å². The Morgan fingerprint density at radius 1 is 1.33 bits per heavy atom. The van der Waals surface area contributed by atoms with E-state index in [1.165, 1.54) is 10.4 Å². The molecule has 4 nitrogen and oxygen atoms in total. The van der Waals surface area contributed by atoms with Gasteiger partial charge in [-0.25, -0.2) is 8.42 Å². The van der Waals surface area contributed by atoms with Crippen molar-refractivity contribution in [2.45, 2.75) is 25.3 Å². The highest BCUT2D eigenvalue weighted by atomic mass is 35.5. The van der Waals surface area contributed by atoms with Gasteiger partial charge in [0.05, 0.1) is 11.6 Å². The predicted octanol–water partition coefficient (Wildman–Crippen LogP) is 2.75. The molecule has 1 N–H and O–H groups in total. The molecule has 0 radical (unpaired) electrons. The highest BCUT2D eigenvalue weighted by molar-refractivity contribution is 7.89. The molecule has 0 aliphatic carbocycles. The Balaban J connectivity index is 3.35. The van der Waals surface area contributed by atoms with Gasteiger partial charge in [-0.2, -0.15) is 4.31 Å². The van der Waals surface area contributed by atoms with Gasteiger partial charge in [0, 0.05) is 18.1 Å². The Morgan fingerprint density at radius 3 is 2.52 bits per heavy atom. The van der Waals surface area contributed by atoms with Crippen LogP contribution in [-0.2, 0) is 16.6 Å². The monoisotopic (exact) mass is 348 g/mol. The van der Waals surface area contributed by atoms with Crippen LogP contribution in [0.3, 0.4) is 0 Å². The van der Waals surface area contributed by atoms with Gasteiger partial charge in [-0.15, -0.1) is 6.42 Å². The third-order valence-corrected chi connectivity index (χ3v) is 5.60. The zero-order chi connectivity index (χ0) is 16.0. The number of hydrogen-bond donors (Lipinski definition) is 1. The Hall–Kier alpha value is -0.770. The first-order valence-electron chi connectivity index (χ1n) is 6.50. The van der Waals surface area contributed by atoms with E-state index in [1.807, 2.05) is 6.92 Å². The van der Waals surface area contributed by atoms with E-state index in [9.17, 15) is 8.42 Å². The first kappa shape index (κ1) is 18.3. The van der Waals surface area contributed by atoms with E-state index < -0.39 is 10.0 Å². The summed E-state index contributed by atoms with van der Waals surface area (Å²) in [6.07, 6.45) is 5.22. The van der Waals surface area contributed by atoms with Crippen LogP contribution in [0.25, 0.3) is 0 Å². The van der Waals surface area contributed by atoms with Crippen LogP contribution in [0.4, 0.5) is 0 Å². The number of benzene rings is 1. The molecule has 116 valence electrons. The largest absolute Gasteiger partial charge is 0.313 e. The summed E-state index contributed by atoms with van der Waals surface area (Å²) in [7, 11) is -3.77. The molecule has 1 aromatic carbocycles. The number of terminal acetylenes is 1. The summed E-state index contributed by atoms with van der Waals surface area (Å²) in [5.41, 5.74) is 0.640. The van der Waals surface area contributed by atoms with E-state index in [1.54, 1.807) is 13.0 Å². The number of nitrogens with zero attached hydrogens (tertiary/aromatic N) is 1. The lowest BCUT2D eigenvalue weighted by atomic mass is 10.2. The normalized spacial score (nSPS) is 11.6. The lowest BCUT2D eigenvalue weighted by molar-refractivity contribution is 0.464. The standard InChI is InChI=1S/C14H18Cl2N2O2S/c1-4-7-18(6-3)21(19,20)13-9-12(15)8-11(14(13)16)10-17-5-2/h1,8-9,17H,5-7,10H2,2-3H3. The molecule has 0 amide bonds. The van der Waals surface area contributed by atoms with E-state index in [0.717, 1.165) is 6.54 Å². The summed E-state index contributed by atoms with van der Waals surface area (Å²) in [6.45, 7) is 5.10. The molecule has 21 heavy (non-hydrogen) atoms. The van der Waals surface area contributed by atoms with E-state index >= 15 is 0 Å². The second-order valence-corrected chi connectivity index (χ2v) is 7.01. The highest BCUT2D eigenvalue weighted by Crippen LogP contribution is 2.31. The summed E-state index contributed by atoms with van der Waals surface area (Å²) in [6, 6.07) is 3.01. The molecule has 0 fully saturated rings. The van der Waals surface area contributed by atoms with Crippen molar-refractivity contribution in [3.05, 3.63) is 27.7 Å². The Kier molecular flexibility index (Phi) is 6.98. The lowest BCUT2D eigenvalue weighted by Gasteiger charge is -2.20. The van der Waals surface area contributed by atoms with Gasteiger partial charge in [0.15, 0.2) is 0 Å². The minimum atomic E-state index is -3.77. The van der Waals surface area contributed by atoms with E-state index in [4.69, 9.17) is 29.6 Å². The number of hydrogen-bond acceptors (Lipinski definition) is 3. The second-order valence-electron chi connectivity index (χ2n) is 4.29. The molecule has 0 aromatic heterocycles. The summed E-state index contributed by atoms with van der Waals surface area (Å²) in [5.74, 6) is 2.34. The fourth-order valence-corrected chi connectivity index (χ4v) is 4.07. The number of nitrogens with one attached hydrogen (secondary N) is 1. The molecule has 1 aromatic rings. The smallest absolute Gasteiger partial charge is 0.245 e. The summed E-state index contributed by atoms with van der Waals surface area (Å²) in [4.78, 5) is -0.0123. The third-order valence-electron chi connectivity index (χ3n) is 2.88. The molecule has 0 bridgehead atoms. The topological polar surface area (TPSA) is 49.4 Å². The maximum atomic E-state index is 12.6. The summed E-state index contributed by atoms with van der Waals surface area (Å²) in [5, 5.41) is 3.59. The second kappa shape index (κ2) is 8.02. The number of halogens is 2. The van der Waals surface area contributed by atoms with Crippen molar-refractivity contribution in [2.75, 3.05) is 19.6 Å². The third kappa shape index (κ3) is 4.35. The molecular weight excluding hydrogens is 331 g/mol. The van der Waals surface area contributed by atoms with Gasteiger partial charge in [-0.3, -0.25) is 0 Å². The minimum Gasteiger partial charge on any atom is -0.313 e. The van der Waals surface area contributed by atoms with Gasteiger partial charge < -0.3 is 5.32 Å². The van der Waals surface area contributed by atoms with Crippen molar-refractivity contribution in [2.24, 2.45) is 0 Å². The van der Waals surface area contributed by atoms with Gasteiger partial charge in [-0.1, -0.05) is 43.0 Å². The zero-order valence-corrected chi connectivity index (χ0v) is 14.3. The predicted molar refractivity (Wildman–Crippen MR) is 87.1 cm³/mol. The fraction of sp³-hybridized carbons (Fsp3) is 0.429. The summed E-state index contributed by atoms with van der Waals surface area (Å²) < 4.78 is 26.4. The van der Waals surface area contributed by atoms with Crippen molar-refractivity contribution in [1.29, 1.82) is 0 Å². The minimum absolute atomic E-state index is 0.00970. The van der Waals surface area contributed by atoms with Crippen molar-refractivity contribution in [3.63, 3.8) is 0 Å². The molecule has 1 rings (SSSR count). The number of rotatable bonds is 7. The van der Waals surface area contributed by atoms with Crippen LogP contribution in [0.15, 0.2) is 17.0 Å². The molecule has 7 heteroatoms. The molecule has 0 saturated heterocycles. The first-order chi connectivity index (χ1) is 9.88. The SMILES string of the molecule is C#CCN(CC)S(=O)(=O)c1cc(Cl)cc(CNCC)c1Cl. The van der Waals surface area contributed by atoms with E-state index in [2.05, 4.69) is 11.2 Å². The van der Waals surface area contributed by atoms with Gasteiger partial charge in [-0.05, 0) is 24.2 Å². The highest BCUT2D eigenvalue weighted by Gasteiger charge is 2.26. The molecule has 0 aliphatic heterocycles. The van der Waals surface area contributed by atoms with Crippen LogP contribution in [0.1, 0.15) is 19.4 Å². The Morgan fingerprint density at radius 2 is 2.00 bits per heavy atom. The van der Waals surface area contributed by atoms with E-state index in [-0.39, 0.29) is 23.0 Å². The van der Waals surface area contributed by atoms with Crippen LogP contribution in [-0.4, -0.2) is 32.4 Å². The average Bonchev–Trinajstić information content (AvgIpc) is 2.44. The molecule has 0 atom stereocenters. The Labute approximate surface area is 136 Å². The lowest BCUT2D eigenvalue weighted by Crippen LogP contribution is -2.31. The summed E-state index contributed by atoms with van der Waals surface area (Å²) >= 11 is 12.3. The first-order valence-corrected chi connectivity index (χ1v) is 8.70. The van der Waals surface area contributed by atoms with Crippen LogP contribution < -0.4 is 5.32 Å². The van der Waals surface area contributed by atoms with Crippen LogP contribution in [0.2, 0.25) is 10.0 Å². The van der Waals surface area contributed by atoms with Crippen molar-refractivity contribution in [1.82, 2.24) is 9.62 Å².